The van der Waals surface area contributed by atoms with Crippen LogP contribution in [0.15, 0.2) is 66.7 Å². The van der Waals surface area contributed by atoms with Gasteiger partial charge >= 0.3 is 0 Å². The first-order valence-corrected chi connectivity index (χ1v) is 8.86. The van der Waals surface area contributed by atoms with Crippen LogP contribution >= 0.6 is 35.3 Å². The van der Waals surface area contributed by atoms with E-state index in [9.17, 15) is 0 Å². The van der Waals surface area contributed by atoms with Crippen LogP contribution in [-0.2, 0) is 0 Å². The number of hydrogen-bond donors (Lipinski definition) is 0. The van der Waals surface area contributed by atoms with Gasteiger partial charge in [-0.25, -0.2) is 9.97 Å². The van der Waals surface area contributed by atoms with Crippen LogP contribution in [0.3, 0.4) is 0 Å². The molecule has 0 amide bonds. The summed E-state index contributed by atoms with van der Waals surface area (Å²) in [5, 5.41) is 2.73. The first-order valence-electron chi connectivity index (χ1n) is 7.61. The second-order valence-corrected chi connectivity index (χ2v) is 6.78. The monoisotopic (exact) mass is 403 g/mol. The summed E-state index contributed by atoms with van der Waals surface area (Å²) < 4.78 is 1.79. The molecule has 0 radical (unpaired) electrons. The van der Waals surface area contributed by atoms with Crippen molar-refractivity contribution in [3.8, 4) is 16.4 Å². The zero-order chi connectivity index (χ0) is 17.2. The number of rotatable bonds is 4. The lowest BCUT2D eigenvalue weighted by atomic mass is 10.2. The summed E-state index contributed by atoms with van der Waals surface area (Å²) in [6, 6.07) is 11.8. The van der Waals surface area contributed by atoms with Gasteiger partial charge in [0, 0.05) is 41.2 Å². The molecule has 0 aliphatic rings. The average Bonchev–Trinajstić information content (AvgIpc) is 3.34. The molecule has 0 aliphatic carbocycles. The molecule has 4 rings (SSSR count). The third kappa shape index (κ3) is 3.58. The van der Waals surface area contributed by atoms with Gasteiger partial charge in [-0.3, -0.25) is 4.57 Å². The molecule has 1 aromatic carbocycles. The van der Waals surface area contributed by atoms with Crippen LogP contribution in [-0.4, -0.2) is 26.6 Å². The van der Waals surface area contributed by atoms with E-state index >= 15 is 0 Å². The molecule has 132 valence electrons. The van der Waals surface area contributed by atoms with E-state index in [1.807, 2.05) is 60.1 Å². The number of halogens is 2. The number of benzene rings is 1. The maximum Gasteiger partial charge on any atom is 0.236 e. The number of imidazole rings is 1. The fraction of sp³-hybridized carbons (Fsp3) is 0.0556. The number of anilines is 2. The Labute approximate surface area is 166 Å². The molecule has 8 heteroatoms. The third-order valence-electron chi connectivity index (χ3n) is 3.79. The smallest absolute Gasteiger partial charge is 0.236 e. The summed E-state index contributed by atoms with van der Waals surface area (Å²) in [4.78, 5) is 16.5. The average molecular weight is 404 g/mol. The Bertz CT molecular complexity index is 987. The Morgan fingerprint density at radius 1 is 1.19 bits per heavy atom. The minimum Gasteiger partial charge on any atom is -0.329 e. The summed E-state index contributed by atoms with van der Waals surface area (Å²) in [7, 11) is 1.97. The van der Waals surface area contributed by atoms with E-state index in [1.54, 1.807) is 28.4 Å². The predicted molar refractivity (Wildman–Crippen MR) is 109 cm³/mol. The standard InChI is InChI=1S/C18H14ClN5S.ClH/c1-23(14-5-2-4-13(19)10-14)17-15(16-6-3-9-25-16)11-21-18(22-17)24-8-7-20-12-24;/h2-12H,1H3;1H. The first-order chi connectivity index (χ1) is 12.2. The van der Waals surface area contributed by atoms with E-state index in [0.29, 0.717) is 11.0 Å². The third-order valence-corrected chi connectivity index (χ3v) is 4.93. The van der Waals surface area contributed by atoms with Crippen molar-refractivity contribution >= 4 is 46.9 Å². The van der Waals surface area contributed by atoms with Gasteiger partial charge in [-0.2, -0.15) is 4.98 Å². The normalized spacial score (nSPS) is 10.4. The Morgan fingerprint density at radius 3 is 2.77 bits per heavy atom. The van der Waals surface area contributed by atoms with Crippen molar-refractivity contribution in [3.05, 3.63) is 71.7 Å². The Kier molecular flexibility index (Phi) is 5.56. The molecule has 26 heavy (non-hydrogen) atoms. The highest BCUT2D eigenvalue weighted by Crippen LogP contribution is 2.35. The fourth-order valence-electron chi connectivity index (χ4n) is 2.53. The van der Waals surface area contributed by atoms with E-state index < -0.39 is 0 Å². The number of nitrogens with zero attached hydrogens (tertiary/aromatic N) is 5. The first kappa shape index (κ1) is 18.4. The van der Waals surface area contributed by atoms with Crippen molar-refractivity contribution in [2.24, 2.45) is 0 Å². The minimum atomic E-state index is 0. The zero-order valence-corrected chi connectivity index (χ0v) is 16.2. The predicted octanol–water partition coefficient (Wildman–Crippen LogP) is 5.23. The summed E-state index contributed by atoms with van der Waals surface area (Å²) in [5.74, 6) is 1.38. The number of thiophene rings is 1. The molecular formula is C18H15Cl2N5S. The van der Waals surface area contributed by atoms with Crippen LogP contribution in [0.2, 0.25) is 5.02 Å². The second-order valence-electron chi connectivity index (χ2n) is 5.39. The van der Waals surface area contributed by atoms with Crippen LogP contribution in [0.5, 0.6) is 0 Å². The Hall–Kier alpha value is -2.41. The molecule has 5 nitrogen and oxygen atoms in total. The highest BCUT2D eigenvalue weighted by Gasteiger charge is 2.16. The summed E-state index contributed by atoms with van der Waals surface area (Å²) in [5.41, 5.74) is 1.93. The van der Waals surface area contributed by atoms with Gasteiger partial charge in [0.15, 0.2) is 0 Å². The van der Waals surface area contributed by atoms with E-state index in [1.165, 1.54) is 0 Å². The molecule has 0 aliphatic heterocycles. The van der Waals surface area contributed by atoms with Crippen molar-refractivity contribution in [2.45, 2.75) is 0 Å². The van der Waals surface area contributed by atoms with E-state index in [0.717, 1.165) is 21.9 Å². The lowest BCUT2D eigenvalue weighted by molar-refractivity contribution is 0.918. The van der Waals surface area contributed by atoms with Crippen molar-refractivity contribution < 1.29 is 0 Å². The summed E-state index contributed by atoms with van der Waals surface area (Å²) in [6.45, 7) is 0. The van der Waals surface area contributed by atoms with Gasteiger partial charge in [-0.05, 0) is 29.6 Å². The van der Waals surface area contributed by atoms with E-state index in [4.69, 9.17) is 16.6 Å². The maximum absolute atomic E-state index is 6.16. The van der Waals surface area contributed by atoms with Crippen LogP contribution in [0, 0.1) is 0 Å². The van der Waals surface area contributed by atoms with E-state index in [2.05, 4.69) is 16.0 Å². The minimum absolute atomic E-state index is 0. The highest BCUT2D eigenvalue weighted by atomic mass is 35.5. The van der Waals surface area contributed by atoms with Crippen LogP contribution in [0.25, 0.3) is 16.4 Å². The Balaban J connectivity index is 0.00000196. The molecule has 0 N–H and O–H groups in total. The quantitative estimate of drug-likeness (QED) is 0.467. The van der Waals surface area contributed by atoms with E-state index in [-0.39, 0.29) is 12.4 Å². The highest BCUT2D eigenvalue weighted by molar-refractivity contribution is 7.13. The van der Waals surface area contributed by atoms with Gasteiger partial charge in [0.25, 0.3) is 0 Å². The van der Waals surface area contributed by atoms with Gasteiger partial charge in [-0.1, -0.05) is 23.7 Å². The zero-order valence-electron chi connectivity index (χ0n) is 13.8. The van der Waals surface area contributed by atoms with Crippen molar-refractivity contribution in [3.63, 3.8) is 0 Å². The second kappa shape index (κ2) is 7.86. The lowest BCUT2D eigenvalue weighted by Crippen LogP contribution is -2.14. The molecule has 4 aromatic rings. The summed E-state index contributed by atoms with van der Waals surface area (Å²) >= 11 is 7.82. The van der Waals surface area contributed by atoms with Gasteiger partial charge < -0.3 is 4.90 Å². The molecule has 3 heterocycles. The topological polar surface area (TPSA) is 46.8 Å². The fourth-order valence-corrected chi connectivity index (χ4v) is 3.45. The maximum atomic E-state index is 6.16. The van der Waals surface area contributed by atoms with Gasteiger partial charge in [0.2, 0.25) is 5.95 Å². The SMILES string of the molecule is CN(c1cccc(Cl)c1)c1nc(-n2ccnc2)ncc1-c1cccs1.Cl. The largest absolute Gasteiger partial charge is 0.329 e. The van der Waals surface area contributed by atoms with Gasteiger partial charge in [0.1, 0.15) is 12.1 Å². The molecule has 0 unspecified atom stereocenters. The molecule has 3 aromatic heterocycles. The molecule has 0 bridgehead atoms. The molecule has 0 saturated carbocycles. The van der Waals surface area contributed by atoms with Crippen LogP contribution < -0.4 is 4.90 Å². The van der Waals surface area contributed by atoms with Gasteiger partial charge in [-0.15, -0.1) is 23.7 Å². The van der Waals surface area contributed by atoms with Crippen LogP contribution in [0.1, 0.15) is 0 Å². The van der Waals surface area contributed by atoms with Gasteiger partial charge in [0.05, 0.1) is 5.56 Å². The molecule has 0 atom stereocenters. The Morgan fingerprint density at radius 2 is 2.08 bits per heavy atom. The lowest BCUT2D eigenvalue weighted by Gasteiger charge is -2.21. The molecule has 0 spiro atoms. The molecule has 0 fully saturated rings. The molecule has 0 saturated heterocycles. The van der Waals surface area contributed by atoms with Crippen LogP contribution in [0.4, 0.5) is 11.5 Å². The van der Waals surface area contributed by atoms with Crippen molar-refractivity contribution in [1.82, 2.24) is 19.5 Å². The number of aromatic nitrogens is 4. The van der Waals surface area contributed by atoms with Crippen molar-refractivity contribution in [1.29, 1.82) is 0 Å². The number of hydrogen-bond acceptors (Lipinski definition) is 5. The molecular weight excluding hydrogens is 389 g/mol. The van der Waals surface area contributed by atoms with Crippen molar-refractivity contribution in [2.75, 3.05) is 11.9 Å². The summed E-state index contributed by atoms with van der Waals surface area (Å²) in [6.07, 6.45) is 7.06.